The predicted octanol–water partition coefficient (Wildman–Crippen LogP) is -0.159. The van der Waals surface area contributed by atoms with Crippen LogP contribution in [0.15, 0.2) is 0 Å². The first kappa shape index (κ1) is 15.8. The minimum atomic E-state index is -0.745. The Balaban J connectivity index is 0. The van der Waals surface area contributed by atoms with Crippen LogP contribution in [0.3, 0.4) is 0 Å². The van der Waals surface area contributed by atoms with Gasteiger partial charge >= 0.3 is 5.97 Å². The lowest BCUT2D eigenvalue weighted by Crippen LogP contribution is -2.11. The Morgan fingerprint density at radius 1 is 1.21 bits per heavy atom. The standard InChI is InChI=1S/C6H14O3.C3H6O2/c7-3-1-2-6(4-8)5-9;1-2-3(4)5/h6-9H,1-5H2;2H2,1H3,(H,4,5). The van der Waals surface area contributed by atoms with Crippen LogP contribution < -0.4 is 0 Å². The number of hydrogen-bond acceptors (Lipinski definition) is 4. The predicted molar refractivity (Wildman–Crippen MR) is 51.9 cm³/mol. The molecule has 0 rings (SSSR count). The minimum absolute atomic E-state index is 0.0104. The van der Waals surface area contributed by atoms with Crippen LogP contribution >= 0.6 is 0 Å². The van der Waals surface area contributed by atoms with Crippen LogP contribution in [0, 0.1) is 5.92 Å². The third-order valence-corrected chi connectivity index (χ3v) is 1.59. The number of rotatable bonds is 6. The highest BCUT2D eigenvalue weighted by atomic mass is 16.4. The molecule has 14 heavy (non-hydrogen) atoms. The van der Waals surface area contributed by atoms with E-state index in [4.69, 9.17) is 20.4 Å². The summed E-state index contributed by atoms with van der Waals surface area (Å²) in [6, 6.07) is 0. The van der Waals surface area contributed by atoms with Crippen molar-refractivity contribution in [3.63, 3.8) is 0 Å². The molecule has 0 aromatic carbocycles. The van der Waals surface area contributed by atoms with E-state index in [1.54, 1.807) is 6.92 Å². The number of aliphatic carboxylic acids is 1. The van der Waals surface area contributed by atoms with Crippen molar-refractivity contribution < 1.29 is 25.2 Å². The Morgan fingerprint density at radius 3 is 1.86 bits per heavy atom. The highest BCUT2D eigenvalue weighted by Gasteiger charge is 2.03. The van der Waals surface area contributed by atoms with Crippen LogP contribution in [0.25, 0.3) is 0 Å². The molecule has 0 heterocycles. The lowest BCUT2D eigenvalue weighted by molar-refractivity contribution is -0.136. The van der Waals surface area contributed by atoms with Gasteiger partial charge in [-0.25, -0.2) is 0 Å². The summed E-state index contributed by atoms with van der Waals surface area (Å²) < 4.78 is 0. The second kappa shape index (κ2) is 12.3. The van der Waals surface area contributed by atoms with Crippen LogP contribution in [0.4, 0.5) is 0 Å². The molecule has 0 aromatic rings. The Hall–Kier alpha value is -0.650. The zero-order valence-corrected chi connectivity index (χ0v) is 8.52. The first-order valence-electron chi connectivity index (χ1n) is 4.66. The molecule has 4 N–H and O–H groups in total. The van der Waals surface area contributed by atoms with Crippen molar-refractivity contribution in [2.45, 2.75) is 26.2 Å². The number of carboxylic acids is 1. The van der Waals surface area contributed by atoms with Gasteiger partial charge in [-0.2, -0.15) is 0 Å². The molecule has 0 aliphatic carbocycles. The first-order valence-corrected chi connectivity index (χ1v) is 4.66. The Morgan fingerprint density at radius 2 is 1.64 bits per heavy atom. The van der Waals surface area contributed by atoms with Gasteiger partial charge in [0.2, 0.25) is 0 Å². The summed E-state index contributed by atoms with van der Waals surface area (Å²) >= 11 is 0. The van der Waals surface area contributed by atoms with Crippen molar-refractivity contribution in [2.24, 2.45) is 5.92 Å². The van der Waals surface area contributed by atoms with E-state index in [9.17, 15) is 4.79 Å². The number of aliphatic hydroxyl groups is 3. The van der Waals surface area contributed by atoms with E-state index in [0.29, 0.717) is 12.8 Å². The van der Waals surface area contributed by atoms with E-state index in [1.165, 1.54) is 0 Å². The van der Waals surface area contributed by atoms with E-state index >= 15 is 0 Å². The Kier molecular flexibility index (Phi) is 13.9. The summed E-state index contributed by atoms with van der Waals surface area (Å²) in [7, 11) is 0. The zero-order valence-electron chi connectivity index (χ0n) is 8.52. The molecule has 0 aliphatic rings. The molecule has 5 heteroatoms. The topological polar surface area (TPSA) is 98.0 Å². The molecule has 86 valence electrons. The first-order chi connectivity index (χ1) is 6.62. The average molecular weight is 208 g/mol. The van der Waals surface area contributed by atoms with Gasteiger partial charge < -0.3 is 20.4 Å². The monoisotopic (exact) mass is 208 g/mol. The molecule has 0 bridgehead atoms. The summed E-state index contributed by atoms with van der Waals surface area (Å²) in [6.45, 7) is 1.76. The van der Waals surface area contributed by atoms with Crippen molar-refractivity contribution >= 4 is 5.97 Å². The average Bonchev–Trinajstić information content (AvgIpc) is 2.20. The molecule has 0 spiro atoms. The SMILES string of the molecule is CCC(=O)O.OCCCC(CO)CO. The van der Waals surface area contributed by atoms with Gasteiger partial charge in [-0.15, -0.1) is 0 Å². The minimum Gasteiger partial charge on any atom is -0.481 e. The Bertz CT molecular complexity index is 122. The molecule has 0 saturated carbocycles. The Labute approximate surface area is 84.0 Å². The maximum atomic E-state index is 9.37. The smallest absolute Gasteiger partial charge is 0.303 e. The summed E-state index contributed by atoms with van der Waals surface area (Å²) in [4.78, 5) is 9.37. The van der Waals surface area contributed by atoms with Crippen LogP contribution in [0.2, 0.25) is 0 Å². The normalized spacial score (nSPS) is 9.50. The summed E-state index contributed by atoms with van der Waals surface area (Å²) in [5.74, 6) is -0.790. The number of carbonyl (C=O) groups is 1. The molecule has 0 saturated heterocycles. The summed E-state index contributed by atoms with van der Waals surface area (Å²) in [5.41, 5.74) is 0. The molecular formula is C9H20O5. The van der Waals surface area contributed by atoms with Gasteiger partial charge in [-0.05, 0) is 12.8 Å². The molecule has 0 fully saturated rings. The molecule has 0 unspecified atom stereocenters. The quantitative estimate of drug-likeness (QED) is 0.486. The van der Waals surface area contributed by atoms with Gasteiger partial charge in [0.25, 0.3) is 0 Å². The van der Waals surface area contributed by atoms with Gasteiger partial charge in [0.15, 0.2) is 0 Å². The van der Waals surface area contributed by atoms with E-state index in [-0.39, 0.29) is 32.2 Å². The lowest BCUT2D eigenvalue weighted by Gasteiger charge is -2.07. The van der Waals surface area contributed by atoms with Crippen molar-refractivity contribution in [1.29, 1.82) is 0 Å². The van der Waals surface area contributed by atoms with E-state index in [2.05, 4.69) is 0 Å². The van der Waals surface area contributed by atoms with Crippen LogP contribution in [0.5, 0.6) is 0 Å². The van der Waals surface area contributed by atoms with Crippen molar-refractivity contribution in [3.05, 3.63) is 0 Å². The molecule has 0 radical (unpaired) electrons. The summed E-state index contributed by atoms with van der Waals surface area (Å²) in [5, 5.41) is 33.1. The van der Waals surface area contributed by atoms with Gasteiger partial charge in [0.1, 0.15) is 0 Å². The molecule has 5 nitrogen and oxygen atoms in total. The third-order valence-electron chi connectivity index (χ3n) is 1.59. The van der Waals surface area contributed by atoms with E-state index in [1.807, 2.05) is 0 Å². The van der Waals surface area contributed by atoms with Gasteiger partial charge in [-0.3, -0.25) is 4.79 Å². The highest BCUT2D eigenvalue weighted by Crippen LogP contribution is 2.02. The number of hydrogen-bond donors (Lipinski definition) is 4. The van der Waals surface area contributed by atoms with Crippen LogP contribution in [-0.2, 0) is 4.79 Å². The van der Waals surface area contributed by atoms with Crippen LogP contribution in [-0.4, -0.2) is 46.2 Å². The van der Waals surface area contributed by atoms with Gasteiger partial charge in [0.05, 0.1) is 0 Å². The maximum Gasteiger partial charge on any atom is 0.303 e. The highest BCUT2D eigenvalue weighted by molar-refractivity contribution is 5.66. The molecule has 0 aromatic heterocycles. The van der Waals surface area contributed by atoms with E-state index in [0.717, 1.165) is 0 Å². The summed E-state index contributed by atoms with van der Waals surface area (Å²) in [6.07, 6.45) is 1.58. The van der Waals surface area contributed by atoms with Crippen molar-refractivity contribution in [2.75, 3.05) is 19.8 Å². The van der Waals surface area contributed by atoms with Crippen molar-refractivity contribution in [3.8, 4) is 0 Å². The fourth-order valence-corrected chi connectivity index (χ4v) is 0.620. The fourth-order valence-electron chi connectivity index (χ4n) is 0.620. The second-order valence-electron chi connectivity index (χ2n) is 2.84. The molecule has 0 amide bonds. The van der Waals surface area contributed by atoms with Crippen LogP contribution in [0.1, 0.15) is 26.2 Å². The third kappa shape index (κ3) is 13.9. The second-order valence-corrected chi connectivity index (χ2v) is 2.84. The number of aliphatic hydroxyl groups excluding tert-OH is 3. The number of carboxylic acid groups (broad SMARTS) is 1. The molecule has 0 aliphatic heterocycles. The van der Waals surface area contributed by atoms with Crippen molar-refractivity contribution in [1.82, 2.24) is 0 Å². The largest absolute Gasteiger partial charge is 0.481 e. The lowest BCUT2D eigenvalue weighted by atomic mass is 10.1. The van der Waals surface area contributed by atoms with Gasteiger partial charge in [0, 0.05) is 32.2 Å². The molecule has 0 atom stereocenters. The van der Waals surface area contributed by atoms with Gasteiger partial charge in [-0.1, -0.05) is 6.92 Å². The maximum absolute atomic E-state index is 9.37. The molecular weight excluding hydrogens is 188 g/mol. The fraction of sp³-hybridized carbons (Fsp3) is 0.889. The van der Waals surface area contributed by atoms with E-state index < -0.39 is 5.97 Å². The zero-order chi connectivity index (χ0) is 11.4.